The van der Waals surface area contributed by atoms with Crippen molar-refractivity contribution in [2.24, 2.45) is 34.8 Å². The van der Waals surface area contributed by atoms with Crippen LogP contribution in [0, 0.1) is 40.4 Å². The quantitative estimate of drug-likeness (QED) is 0.801. The van der Waals surface area contributed by atoms with Crippen molar-refractivity contribution >= 4 is 5.91 Å². The molecule has 1 heterocycles. The largest absolute Gasteiger partial charge is 0.390 e. The molecule has 130 valence electrons. The Balaban J connectivity index is 1.43. The number of amides is 1. The van der Waals surface area contributed by atoms with Gasteiger partial charge in [-0.15, -0.1) is 0 Å². The Labute approximate surface area is 143 Å². The zero-order chi connectivity index (χ0) is 16.9. The lowest BCUT2D eigenvalue weighted by atomic mass is 9.46. The molecular formula is C19H27N3O2. The van der Waals surface area contributed by atoms with Gasteiger partial charge in [0.2, 0.25) is 5.91 Å². The van der Waals surface area contributed by atoms with Crippen molar-refractivity contribution in [3.63, 3.8) is 0 Å². The number of fused-ring (bicyclic) bond motifs is 1. The first kappa shape index (κ1) is 15.2. The van der Waals surface area contributed by atoms with Crippen LogP contribution in [0.2, 0.25) is 0 Å². The van der Waals surface area contributed by atoms with Crippen LogP contribution in [0.3, 0.4) is 0 Å². The smallest absolute Gasteiger partial charge is 0.241 e. The highest BCUT2D eigenvalue weighted by molar-refractivity contribution is 5.84. The van der Waals surface area contributed by atoms with E-state index in [0.717, 1.165) is 32.1 Å². The van der Waals surface area contributed by atoms with Gasteiger partial charge in [0.15, 0.2) is 0 Å². The van der Waals surface area contributed by atoms with Crippen molar-refractivity contribution in [3.8, 4) is 6.07 Å². The molecule has 5 nitrogen and oxygen atoms in total. The van der Waals surface area contributed by atoms with Crippen molar-refractivity contribution in [1.82, 2.24) is 4.90 Å². The zero-order valence-corrected chi connectivity index (χ0v) is 14.3. The maximum absolute atomic E-state index is 13.3. The average molecular weight is 329 g/mol. The maximum atomic E-state index is 13.3. The number of rotatable bonds is 2. The van der Waals surface area contributed by atoms with Crippen molar-refractivity contribution in [1.29, 1.82) is 5.26 Å². The molecule has 5 saturated carbocycles. The summed E-state index contributed by atoms with van der Waals surface area (Å²) in [4.78, 5) is 15.1. The van der Waals surface area contributed by atoms with Crippen molar-refractivity contribution in [2.45, 2.75) is 75.6 Å². The third-order valence-corrected chi connectivity index (χ3v) is 8.07. The number of nitrogens with two attached hydrogens (primary N) is 1. The van der Waals surface area contributed by atoms with E-state index < -0.39 is 11.6 Å². The molecule has 4 unspecified atom stereocenters. The first-order valence-electron chi connectivity index (χ1n) is 9.56. The van der Waals surface area contributed by atoms with Crippen molar-refractivity contribution < 1.29 is 9.90 Å². The summed E-state index contributed by atoms with van der Waals surface area (Å²) >= 11 is 0. The minimum atomic E-state index is -0.600. The van der Waals surface area contributed by atoms with E-state index in [2.05, 4.69) is 13.0 Å². The summed E-state index contributed by atoms with van der Waals surface area (Å²) in [7, 11) is 0. The molecule has 0 radical (unpaired) electrons. The van der Waals surface area contributed by atoms with E-state index in [4.69, 9.17) is 5.73 Å². The molecule has 3 N–H and O–H groups in total. The first-order valence-corrected chi connectivity index (χ1v) is 9.56. The van der Waals surface area contributed by atoms with Crippen LogP contribution >= 0.6 is 0 Å². The zero-order valence-electron chi connectivity index (χ0n) is 14.3. The highest BCUT2D eigenvalue weighted by atomic mass is 16.3. The fourth-order valence-electron chi connectivity index (χ4n) is 7.40. The average Bonchev–Trinajstić information content (AvgIpc) is 2.96. The number of hydrogen-bond acceptors (Lipinski definition) is 4. The van der Waals surface area contributed by atoms with Crippen LogP contribution in [0.15, 0.2) is 0 Å². The van der Waals surface area contributed by atoms with Crippen LogP contribution in [-0.2, 0) is 4.79 Å². The number of hydrogen-bond donors (Lipinski definition) is 2. The second-order valence-corrected chi connectivity index (χ2v) is 9.67. The molecule has 0 aromatic carbocycles. The molecular weight excluding hydrogens is 302 g/mol. The van der Waals surface area contributed by atoms with Gasteiger partial charge in [-0.2, -0.15) is 5.26 Å². The Kier molecular flexibility index (Phi) is 2.86. The second-order valence-electron chi connectivity index (χ2n) is 9.67. The molecule has 6 aliphatic rings. The lowest BCUT2D eigenvalue weighted by Crippen LogP contribution is -2.65. The number of piperidine rings is 1. The standard InChI is InChI=1S/C19H27N3O2/c1-10-14-3-13(8-20)22(15(10)14)17(23)16(21)18-4-11-2-12(5-18)7-19(24,6-11)9-18/h10-16,24H,2-7,9,21H2,1H3/t10-,11?,12?,13-,14?,15?,16+,18?,19?/m0/s1. The molecule has 24 heavy (non-hydrogen) atoms. The predicted octanol–water partition coefficient (Wildman–Crippen LogP) is 1.40. The van der Waals surface area contributed by atoms with Crippen molar-refractivity contribution in [3.05, 3.63) is 0 Å². The topological polar surface area (TPSA) is 90.4 Å². The lowest BCUT2D eigenvalue weighted by Gasteiger charge is -2.61. The molecule has 7 atom stereocenters. The molecule has 5 aliphatic carbocycles. The number of nitrogens with zero attached hydrogens (tertiary/aromatic N) is 2. The summed E-state index contributed by atoms with van der Waals surface area (Å²) in [5, 5.41) is 20.4. The highest BCUT2D eigenvalue weighted by Gasteiger charge is 2.64. The van der Waals surface area contributed by atoms with Gasteiger partial charge in [-0.3, -0.25) is 4.79 Å². The molecule has 4 bridgehead atoms. The number of carbonyl (C=O) groups excluding carboxylic acids is 1. The number of carbonyl (C=O) groups is 1. The monoisotopic (exact) mass is 329 g/mol. The second kappa shape index (κ2) is 4.53. The van der Waals surface area contributed by atoms with Gasteiger partial charge in [0, 0.05) is 6.04 Å². The Morgan fingerprint density at radius 3 is 2.54 bits per heavy atom. The summed E-state index contributed by atoms with van der Waals surface area (Å²) in [5.74, 6) is 2.02. The van der Waals surface area contributed by atoms with E-state index in [-0.39, 0.29) is 23.4 Å². The minimum absolute atomic E-state index is 0.0241. The predicted molar refractivity (Wildman–Crippen MR) is 87.3 cm³/mol. The van der Waals surface area contributed by atoms with E-state index in [1.54, 1.807) is 0 Å². The fraction of sp³-hybridized carbons (Fsp3) is 0.895. The Bertz CT molecular complexity index is 627. The van der Waals surface area contributed by atoms with E-state index in [0.29, 0.717) is 30.1 Å². The molecule has 0 aromatic heterocycles. The summed E-state index contributed by atoms with van der Waals surface area (Å²) < 4.78 is 0. The first-order chi connectivity index (χ1) is 11.4. The summed E-state index contributed by atoms with van der Waals surface area (Å²) in [6.07, 6.45) is 6.41. The number of aliphatic hydroxyl groups is 1. The summed E-state index contributed by atoms with van der Waals surface area (Å²) in [6, 6.07) is 1.68. The lowest BCUT2D eigenvalue weighted by molar-refractivity contribution is -0.177. The van der Waals surface area contributed by atoms with Gasteiger partial charge in [0.1, 0.15) is 6.04 Å². The van der Waals surface area contributed by atoms with Gasteiger partial charge < -0.3 is 15.7 Å². The van der Waals surface area contributed by atoms with Gasteiger partial charge in [-0.05, 0) is 74.0 Å². The molecule has 0 spiro atoms. The Morgan fingerprint density at radius 1 is 1.29 bits per heavy atom. The third-order valence-electron chi connectivity index (χ3n) is 8.07. The van der Waals surface area contributed by atoms with Crippen LogP contribution < -0.4 is 5.73 Å². The number of likely N-dealkylation sites (tertiary alicyclic amines) is 1. The SMILES string of the molecule is C[C@H]1C2C[C@@H](C#N)N(C(=O)[C@@H](N)C34CC5CC(CC(O)(C5)C3)C4)C21. The van der Waals surface area contributed by atoms with E-state index in [9.17, 15) is 15.2 Å². The molecule has 0 aromatic rings. The maximum Gasteiger partial charge on any atom is 0.241 e. The van der Waals surface area contributed by atoms with E-state index in [1.165, 1.54) is 6.42 Å². The van der Waals surface area contributed by atoms with E-state index in [1.807, 2.05) is 4.90 Å². The van der Waals surface area contributed by atoms with Gasteiger partial charge >= 0.3 is 0 Å². The Hall–Kier alpha value is -1.12. The minimum Gasteiger partial charge on any atom is -0.390 e. The van der Waals surface area contributed by atoms with Crippen molar-refractivity contribution in [2.75, 3.05) is 0 Å². The molecule has 1 amide bonds. The van der Waals surface area contributed by atoms with Crippen LogP contribution in [0.1, 0.15) is 51.9 Å². The number of nitriles is 1. The molecule has 1 aliphatic heterocycles. The van der Waals surface area contributed by atoms with E-state index >= 15 is 0 Å². The van der Waals surface area contributed by atoms with Crippen LogP contribution in [0.5, 0.6) is 0 Å². The summed E-state index contributed by atoms with van der Waals surface area (Å²) in [5.41, 5.74) is 5.74. The van der Waals surface area contributed by atoms with Crippen LogP contribution in [-0.4, -0.2) is 39.6 Å². The van der Waals surface area contributed by atoms with Gasteiger partial charge in [0.25, 0.3) is 0 Å². The molecule has 6 rings (SSSR count). The molecule has 6 fully saturated rings. The Morgan fingerprint density at radius 2 is 1.96 bits per heavy atom. The van der Waals surface area contributed by atoms with Gasteiger partial charge in [-0.25, -0.2) is 0 Å². The van der Waals surface area contributed by atoms with Crippen LogP contribution in [0.4, 0.5) is 0 Å². The highest BCUT2D eigenvalue weighted by Crippen LogP contribution is 2.63. The van der Waals surface area contributed by atoms with Crippen LogP contribution in [0.25, 0.3) is 0 Å². The molecule has 5 heteroatoms. The molecule has 1 saturated heterocycles. The van der Waals surface area contributed by atoms with Gasteiger partial charge in [-0.1, -0.05) is 6.92 Å². The third kappa shape index (κ3) is 1.84. The van der Waals surface area contributed by atoms with Gasteiger partial charge in [0.05, 0.1) is 17.7 Å². The fourth-order valence-corrected chi connectivity index (χ4v) is 7.40. The summed E-state index contributed by atoms with van der Waals surface area (Å²) in [6.45, 7) is 2.17. The normalized spacial score (nSPS) is 55.2.